The molecule has 13 heavy (non-hydrogen) atoms. The Morgan fingerprint density at radius 1 is 1.31 bits per heavy atom. The predicted octanol–water partition coefficient (Wildman–Crippen LogP) is -0.957. The van der Waals surface area contributed by atoms with E-state index in [0.717, 1.165) is 5.43 Å². The van der Waals surface area contributed by atoms with Crippen molar-refractivity contribution in [3.8, 4) is 0 Å². The quantitative estimate of drug-likeness (QED) is 0.476. The zero-order valence-corrected chi connectivity index (χ0v) is 6.61. The number of alkyl halides is 3. The molecule has 0 bridgehead atoms. The molecular formula is C5H8F3N3O2. The van der Waals surface area contributed by atoms with E-state index < -0.39 is 24.0 Å². The number of hydrazine groups is 1. The van der Waals surface area contributed by atoms with Crippen molar-refractivity contribution in [2.24, 2.45) is 5.73 Å². The van der Waals surface area contributed by atoms with Crippen LogP contribution in [0.15, 0.2) is 0 Å². The summed E-state index contributed by atoms with van der Waals surface area (Å²) in [6, 6.07) is -0.992. The topological polar surface area (TPSA) is 84.2 Å². The van der Waals surface area contributed by atoms with E-state index in [-0.39, 0.29) is 0 Å². The number of rotatable bonds is 1. The molecule has 0 radical (unpaired) electrons. The van der Waals surface area contributed by atoms with Crippen LogP contribution in [0, 0.1) is 0 Å². The first kappa shape index (κ1) is 11.7. The molecule has 4 N–H and O–H groups in total. The third-order valence-corrected chi connectivity index (χ3v) is 0.970. The Morgan fingerprint density at radius 2 is 1.77 bits per heavy atom. The van der Waals surface area contributed by atoms with Crippen molar-refractivity contribution >= 4 is 11.8 Å². The Morgan fingerprint density at radius 3 is 2.08 bits per heavy atom. The molecule has 76 valence electrons. The van der Waals surface area contributed by atoms with Crippen molar-refractivity contribution in [1.82, 2.24) is 10.9 Å². The first-order valence-corrected chi connectivity index (χ1v) is 3.17. The standard InChI is InChI=1S/C5H8F3N3O2/c1-2(9)3(12)10-11-4(13)5(6,7)8/h2H,9H2,1H3,(H,10,12)(H,11,13)/t2-/m1/s1. The molecule has 0 aliphatic rings. The van der Waals surface area contributed by atoms with Crippen molar-refractivity contribution < 1.29 is 22.8 Å². The highest BCUT2D eigenvalue weighted by Gasteiger charge is 2.38. The van der Waals surface area contributed by atoms with Gasteiger partial charge in [0.1, 0.15) is 0 Å². The number of carbonyl (C=O) groups is 2. The fraction of sp³-hybridized carbons (Fsp3) is 0.600. The molecule has 0 unspecified atom stereocenters. The van der Waals surface area contributed by atoms with E-state index in [1.165, 1.54) is 12.3 Å². The number of hydrogen-bond donors (Lipinski definition) is 3. The fourth-order valence-corrected chi connectivity index (χ4v) is 0.303. The molecule has 0 aromatic carbocycles. The van der Waals surface area contributed by atoms with Gasteiger partial charge in [-0.15, -0.1) is 0 Å². The van der Waals surface area contributed by atoms with Crippen LogP contribution in [-0.4, -0.2) is 24.0 Å². The molecule has 0 aromatic rings. The van der Waals surface area contributed by atoms with Gasteiger partial charge >= 0.3 is 12.1 Å². The van der Waals surface area contributed by atoms with Crippen LogP contribution in [0.25, 0.3) is 0 Å². The molecule has 0 rings (SSSR count). The molecule has 2 amide bonds. The highest BCUT2D eigenvalue weighted by atomic mass is 19.4. The summed E-state index contributed by atoms with van der Waals surface area (Å²) >= 11 is 0. The molecule has 0 saturated carbocycles. The monoisotopic (exact) mass is 199 g/mol. The van der Waals surface area contributed by atoms with Gasteiger partial charge in [0.2, 0.25) is 0 Å². The van der Waals surface area contributed by atoms with Gasteiger partial charge in [0.25, 0.3) is 5.91 Å². The van der Waals surface area contributed by atoms with E-state index in [2.05, 4.69) is 0 Å². The second-order valence-corrected chi connectivity index (χ2v) is 2.23. The Kier molecular flexibility index (Phi) is 3.67. The number of hydrogen-bond acceptors (Lipinski definition) is 3. The summed E-state index contributed by atoms with van der Waals surface area (Å²) < 4.78 is 34.5. The van der Waals surface area contributed by atoms with Crippen molar-refractivity contribution in [3.63, 3.8) is 0 Å². The van der Waals surface area contributed by atoms with Gasteiger partial charge in [-0.2, -0.15) is 13.2 Å². The summed E-state index contributed by atoms with van der Waals surface area (Å²) in [6.45, 7) is 1.26. The number of halogens is 3. The zero-order chi connectivity index (χ0) is 10.6. The molecular weight excluding hydrogens is 191 g/mol. The molecule has 0 spiro atoms. The van der Waals surface area contributed by atoms with Gasteiger partial charge in [-0.05, 0) is 6.92 Å². The van der Waals surface area contributed by atoms with Gasteiger partial charge in [0.05, 0.1) is 6.04 Å². The third kappa shape index (κ3) is 4.31. The molecule has 0 aromatic heterocycles. The number of carbonyl (C=O) groups excluding carboxylic acids is 2. The Balaban J connectivity index is 3.92. The average molecular weight is 199 g/mol. The summed E-state index contributed by atoms with van der Waals surface area (Å²) in [5.74, 6) is -3.15. The zero-order valence-electron chi connectivity index (χ0n) is 6.61. The highest BCUT2D eigenvalue weighted by Crippen LogP contribution is 2.13. The van der Waals surface area contributed by atoms with Gasteiger partial charge < -0.3 is 5.73 Å². The fourth-order valence-electron chi connectivity index (χ4n) is 0.303. The van der Waals surface area contributed by atoms with Crippen LogP contribution in [0.4, 0.5) is 13.2 Å². The molecule has 0 heterocycles. The summed E-state index contributed by atoms with van der Waals surface area (Å²) in [5.41, 5.74) is 7.65. The third-order valence-electron chi connectivity index (χ3n) is 0.970. The molecule has 5 nitrogen and oxygen atoms in total. The van der Waals surface area contributed by atoms with Crippen LogP contribution in [0.1, 0.15) is 6.92 Å². The van der Waals surface area contributed by atoms with E-state index in [1.54, 1.807) is 0 Å². The lowest BCUT2D eigenvalue weighted by Gasteiger charge is -2.10. The van der Waals surface area contributed by atoms with E-state index in [9.17, 15) is 22.8 Å². The smallest absolute Gasteiger partial charge is 0.320 e. The van der Waals surface area contributed by atoms with Crippen LogP contribution in [0.3, 0.4) is 0 Å². The van der Waals surface area contributed by atoms with Gasteiger partial charge in [-0.3, -0.25) is 20.4 Å². The van der Waals surface area contributed by atoms with Gasteiger partial charge in [0.15, 0.2) is 0 Å². The van der Waals surface area contributed by atoms with Crippen molar-refractivity contribution in [3.05, 3.63) is 0 Å². The van der Waals surface area contributed by atoms with Gasteiger partial charge in [-0.1, -0.05) is 0 Å². The summed E-state index contributed by atoms with van der Waals surface area (Å²) in [6.07, 6.45) is -5.02. The van der Waals surface area contributed by atoms with Crippen LogP contribution in [0.5, 0.6) is 0 Å². The number of amides is 2. The van der Waals surface area contributed by atoms with Crippen molar-refractivity contribution in [2.75, 3.05) is 0 Å². The van der Waals surface area contributed by atoms with Crippen LogP contribution < -0.4 is 16.6 Å². The van der Waals surface area contributed by atoms with Gasteiger partial charge in [0, 0.05) is 0 Å². The van der Waals surface area contributed by atoms with E-state index in [4.69, 9.17) is 5.73 Å². The molecule has 0 saturated heterocycles. The van der Waals surface area contributed by atoms with Gasteiger partial charge in [-0.25, -0.2) is 0 Å². The van der Waals surface area contributed by atoms with E-state index >= 15 is 0 Å². The van der Waals surface area contributed by atoms with Crippen molar-refractivity contribution in [1.29, 1.82) is 0 Å². The lowest BCUT2D eigenvalue weighted by Crippen LogP contribution is -2.51. The minimum atomic E-state index is -5.02. The SMILES string of the molecule is C[C@@H](N)C(=O)NNC(=O)C(F)(F)F. The normalized spacial score (nSPS) is 13.3. The first-order chi connectivity index (χ1) is 5.75. The predicted molar refractivity (Wildman–Crippen MR) is 36.0 cm³/mol. The lowest BCUT2D eigenvalue weighted by atomic mass is 10.3. The average Bonchev–Trinajstić information content (AvgIpc) is 1.97. The second-order valence-electron chi connectivity index (χ2n) is 2.23. The molecule has 8 heteroatoms. The molecule has 1 atom stereocenters. The number of nitrogens with one attached hydrogen (secondary N) is 2. The lowest BCUT2D eigenvalue weighted by molar-refractivity contribution is -0.175. The second kappa shape index (κ2) is 4.08. The summed E-state index contributed by atoms with van der Waals surface area (Å²) in [7, 11) is 0. The van der Waals surface area contributed by atoms with E-state index in [1.807, 2.05) is 0 Å². The van der Waals surface area contributed by atoms with Crippen molar-refractivity contribution in [2.45, 2.75) is 19.1 Å². The number of nitrogens with two attached hydrogens (primary N) is 1. The largest absolute Gasteiger partial charge is 0.472 e. The Bertz CT molecular complexity index is 214. The minimum absolute atomic E-state index is 0.905. The highest BCUT2D eigenvalue weighted by molar-refractivity contribution is 5.86. The van der Waals surface area contributed by atoms with Crippen LogP contribution in [-0.2, 0) is 9.59 Å². The minimum Gasteiger partial charge on any atom is -0.320 e. The van der Waals surface area contributed by atoms with E-state index in [0.29, 0.717) is 0 Å². The molecule has 0 aliphatic heterocycles. The Labute approximate surface area is 71.4 Å². The van der Waals surface area contributed by atoms with Crippen LogP contribution >= 0.6 is 0 Å². The summed E-state index contributed by atoms with van der Waals surface area (Å²) in [4.78, 5) is 20.7. The Hall–Kier alpha value is -1.31. The maximum Gasteiger partial charge on any atom is 0.472 e. The summed E-state index contributed by atoms with van der Waals surface area (Å²) in [5, 5.41) is 0. The first-order valence-electron chi connectivity index (χ1n) is 3.17. The van der Waals surface area contributed by atoms with Crippen LogP contribution in [0.2, 0.25) is 0 Å². The maximum absolute atomic E-state index is 11.5. The molecule has 0 fully saturated rings. The maximum atomic E-state index is 11.5. The molecule has 0 aliphatic carbocycles.